The second-order valence-electron chi connectivity index (χ2n) is 4.68. The van der Waals surface area contributed by atoms with Crippen molar-refractivity contribution < 1.29 is 19.4 Å². The summed E-state index contributed by atoms with van der Waals surface area (Å²) in [5.41, 5.74) is 6.51. The molecule has 1 unspecified atom stereocenters. The number of aliphatic hydroxyl groups excluding tert-OH is 1. The van der Waals surface area contributed by atoms with Crippen LogP contribution in [0.2, 0.25) is 0 Å². The predicted molar refractivity (Wildman–Crippen MR) is 84.0 cm³/mol. The molecule has 5 heteroatoms. The summed E-state index contributed by atoms with van der Waals surface area (Å²) >= 11 is 0. The van der Waals surface area contributed by atoms with E-state index in [0.29, 0.717) is 17.7 Å². The molecule has 0 saturated carbocycles. The lowest BCUT2D eigenvalue weighted by Crippen LogP contribution is -2.07. The molecule has 0 aromatic heterocycles. The molecule has 0 saturated heterocycles. The van der Waals surface area contributed by atoms with E-state index in [9.17, 15) is 9.18 Å². The second-order valence-corrected chi connectivity index (χ2v) is 4.68. The van der Waals surface area contributed by atoms with Gasteiger partial charge >= 0.3 is 5.97 Å². The molecule has 0 aliphatic carbocycles. The summed E-state index contributed by atoms with van der Waals surface area (Å²) in [7, 11) is 0. The number of aliphatic carboxylic acids is 1. The molecular weight excluding hydrogens is 285 g/mol. The highest BCUT2D eigenvalue weighted by Gasteiger charge is 2.15. The monoisotopic (exact) mass is 305 g/mol. The van der Waals surface area contributed by atoms with E-state index in [0.717, 1.165) is 5.56 Å². The van der Waals surface area contributed by atoms with Crippen LogP contribution in [0.1, 0.15) is 18.4 Å². The van der Waals surface area contributed by atoms with E-state index in [-0.39, 0.29) is 6.61 Å². The molecule has 0 heterocycles. The summed E-state index contributed by atoms with van der Waals surface area (Å²) in [6.07, 6.45) is 0. The van der Waals surface area contributed by atoms with Crippen molar-refractivity contribution in [1.29, 1.82) is 0 Å². The Kier molecular flexibility index (Phi) is 7.22. The fraction of sp³-hybridized carbons (Fsp3) is 0.235. The third kappa shape index (κ3) is 4.95. The standard InChI is InChI=1S/C15H13FO2.C2H7NO/c1-10(15(17)18)12-7-8-13(14(16)9-12)11-5-3-2-4-6-11;3-1-2-4/h2-10H,1H3,(H,17,18);4H,1-3H2. The van der Waals surface area contributed by atoms with E-state index in [1.165, 1.54) is 6.07 Å². The molecule has 0 fully saturated rings. The number of carbonyl (C=O) groups is 1. The van der Waals surface area contributed by atoms with Gasteiger partial charge in [-0.05, 0) is 24.1 Å². The molecule has 2 aromatic rings. The smallest absolute Gasteiger partial charge is 0.310 e. The number of benzene rings is 2. The highest BCUT2D eigenvalue weighted by atomic mass is 19.1. The SMILES string of the molecule is CC(C(=O)O)c1ccc(-c2ccccc2)c(F)c1.NCCO. The first kappa shape index (κ1) is 17.8. The maximum Gasteiger partial charge on any atom is 0.310 e. The highest BCUT2D eigenvalue weighted by molar-refractivity contribution is 5.76. The lowest BCUT2D eigenvalue weighted by Gasteiger charge is -2.09. The van der Waals surface area contributed by atoms with Gasteiger partial charge in [0.2, 0.25) is 0 Å². The van der Waals surface area contributed by atoms with Crippen molar-refractivity contribution in [2.45, 2.75) is 12.8 Å². The van der Waals surface area contributed by atoms with Gasteiger partial charge in [0.25, 0.3) is 0 Å². The average Bonchev–Trinajstić information content (AvgIpc) is 2.55. The van der Waals surface area contributed by atoms with Crippen molar-refractivity contribution in [3.05, 3.63) is 59.9 Å². The van der Waals surface area contributed by atoms with Gasteiger partial charge in [0.1, 0.15) is 5.82 Å². The van der Waals surface area contributed by atoms with Crippen LogP contribution in [0, 0.1) is 5.82 Å². The Bertz CT molecular complexity index is 600. The molecule has 2 aromatic carbocycles. The van der Waals surface area contributed by atoms with Gasteiger partial charge in [0, 0.05) is 12.1 Å². The molecule has 1 atom stereocenters. The van der Waals surface area contributed by atoms with Gasteiger partial charge in [-0.2, -0.15) is 0 Å². The number of carboxylic acids is 1. The summed E-state index contributed by atoms with van der Waals surface area (Å²) in [6.45, 7) is 2.01. The Morgan fingerprint density at radius 2 is 1.82 bits per heavy atom. The molecule has 118 valence electrons. The summed E-state index contributed by atoms with van der Waals surface area (Å²) in [6, 6.07) is 13.7. The Morgan fingerprint density at radius 1 is 1.23 bits per heavy atom. The van der Waals surface area contributed by atoms with Crippen LogP contribution >= 0.6 is 0 Å². The minimum atomic E-state index is -0.957. The maximum atomic E-state index is 14.0. The van der Waals surface area contributed by atoms with Gasteiger partial charge < -0.3 is 15.9 Å². The zero-order valence-corrected chi connectivity index (χ0v) is 12.4. The molecule has 0 bridgehead atoms. The molecule has 0 spiro atoms. The Balaban J connectivity index is 0.000000541. The number of hydrogen-bond acceptors (Lipinski definition) is 3. The Labute approximate surface area is 129 Å². The van der Waals surface area contributed by atoms with Crippen LogP contribution in [0.5, 0.6) is 0 Å². The zero-order chi connectivity index (χ0) is 16.5. The van der Waals surface area contributed by atoms with Crippen LogP contribution in [-0.4, -0.2) is 29.3 Å². The van der Waals surface area contributed by atoms with Crippen molar-refractivity contribution >= 4 is 5.97 Å². The van der Waals surface area contributed by atoms with Gasteiger partial charge in [-0.3, -0.25) is 4.79 Å². The lowest BCUT2D eigenvalue weighted by molar-refractivity contribution is -0.138. The maximum absolute atomic E-state index is 14.0. The third-order valence-corrected chi connectivity index (χ3v) is 3.08. The highest BCUT2D eigenvalue weighted by Crippen LogP contribution is 2.26. The summed E-state index contributed by atoms with van der Waals surface area (Å²) in [4.78, 5) is 10.8. The molecule has 0 aliphatic heterocycles. The van der Waals surface area contributed by atoms with Crippen LogP contribution in [0.25, 0.3) is 11.1 Å². The normalized spacial score (nSPS) is 11.3. The molecule has 4 nitrogen and oxygen atoms in total. The van der Waals surface area contributed by atoms with E-state index >= 15 is 0 Å². The van der Waals surface area contributed by atoms with Crippen molar-refractivity contribution in [1.82, 2.24) is 0 Å². The molecular formula is C17H20FNO3. The first-order valence-electron chi connectivity index (χ1n) is 6.89. The zero-order valence-electron chi connectivity index (χ0n) is 12.4. The van der Waals surface area contributed by atoms with Crippen molar-refractivity contribution in [2.75, 3.05) is 13.2 Å². The largest absolute Gasteiger partial charge is 0.481 e. The van der Waals surface area contributed by atoms with Crippen LogP contribution < -0.4 is 5.73 Å². The van der Waals surface area contributed by atoms with E-state index in [1.807, 2.05) is 30.3 Å². The predicted octanol–water partition coefficient (Wildman–Crippen LogP) is 2.62. The van der Waals surface area contributed by atoms with Crippen LogP contribution in [-0.2, 0) is 4.79 Å². The van der Waals surface area contributed by atoms with E-state index in [4.69, 9.17) is 15.9 Å². The van der Waals surface area contributed by atoms with Gasteiger partial charge in [0.05, 0.1) is 12.5 Å². The number of aliphatic hydroxyl groups is 1. The second kappa shape index (κ2) is 8.92. The molecule has 2 rings (SSSR count). The Morgan fingerprint density at radius 3 is 2.27 bits per heavy atom. The first-order valence-corrected chi connectivity index (χ1v) is 6.89. The summed E-state index contributed by atoms with van der Waals surface area (Å²) in [5.74, 6) is -2.06. The first-order chi connectivity index (χ1) is 10.5. The fourth-order valence-electron chi connectivity index (χ4n) is 1.80. The molecule has 4 N–H and O–H groups in total. The number of hydrogen-bond donors (Lipinski definition) is 3. The van der Waals surface area contributed by atoms with Crippen LogP contribution in [0.3, 0.4) is 0 Å². The van der Waals surface area contributed by atoms with E-state index < -0.39 is 17.7 Å². The molecule has 0 amide bonds. The summed E-state index contributed by atoms with van der Waals surface area (Å²) < 4.78 is 14.0. The third-order valence-electron chi connectivity index (χ3n) is 3.08. The van der Waals surface area contributed by atoms with Crippen molar-refractivity contribution in [3.8, 4) is 11.1 Å². The van der Waals surface area contributed by atoms with E-state index in [1.54, 1.807) is 19.1 Å². The van der Waals surface area contributed by atoms with Crippen LogP contribution in [0.4, 0.5) is 4.39 Å². The summed E-state index contributed by atoms with van der Waals surface area (Å²) in [5, 5.41) is 16.6. The minimum Gasteiger partial charge on any atom is -0.481 e. The van der Waals surface area contributed by atoms with Crippen molar-refractivity contribution in [3.63, 3.8) is 0 Å². The van der Waals surface area contributed by atoms with Gasteiger partial charge in [-0.1, -0.05) is 42.5 Å². The van der Waals surface area contributed by atoms with Crippen molar-refractivity contribution in [2.24, 2.45) is 5.73 Å². The van der Waals surface area contributed by atoms with E-state index in [2.05, 4.69) is 0 Å². The van der Waals surface area contributed by atoms with Gasteiger partial charge in [-0.25, -0.2) is 4.39 Å². The topological polar surface area (TPSA) is 83.5 Å². The Hall–Kier alpha value is -2.24. The quantitative estimate of drug-likeness (QED) is 0.811. The molecule has 0 radical (unpaired) electrons. The number of carboxylic acid groups (broad SMARTS) is 1. The van der Waals surface area contributed by atoms with Gasteiger partial charge in [-0.15, -0.1) is 0 Å². The average molecular weight is 305 g/mol. The molecule has 0 aliphatic rings. The number of rotatable bonds is 4. The number of nitrogens with two attached hydrogens (primary N) is 1. The minimum absolute atomic E-state index is 0.0972. The molecule has 22 heavy (non-hydrogen) atoms. The lowest BCUT2D eigenvalue weighted by atomic mass is 9.97. The van der Waals surface area contributed by atoms with Crippen LogP contribution in [0.15, 0.2) is 48.5 Å². The fourth-order valence-corrected chi connectivity index (χ4v) is 1.80. The number of halogens is 1. The van der Waals surface area contributed by atoms with Gasteiger partial charge in [0.15, 0.2) is 0 Å².